The molecule has 1 rings (SSSR count). The second-order valence-electron chi connectivity index (χ2n) is 4.32. The van der Waals surface area contributed by atoms with E-state index in [2.05, 4.69) is 48.1 Å². The molecular formula is C13H19BrClN. The minimum absolute atomic E-state index is 0.324. The fourth-order valence-electron chi connectivity index (χ4n) is 1.77. The van der Waals surface area contributed by atoms with Gasteiger partial charge in [-0.2, -0.15) is 0 Å². The molecule has 1 atom stereocenters. The van der Waals surface area contributed by atoms with Crippen molar-refractivity contribution < 1.29 is 0 Å². The lowest BCUT2D eigenvalue weighted by molar-refractivity contribution is 0.413. The van der Waals surface area contributed by atoms with Gasteiger partial charge in [-0.15, -0.1) is 0 Å². The van der Waals surface area contributed by atoms with Crippen molar-refractivity contribution in [3.05, 3.63) is 33.3 Å². The highest BCUT2D eigenvalue weighted by atomic mass is 79.9. The van der Waals surface area contributed by atoms with Crippen molar-refractivity contribution in [3.63, 3.8) is 0 Å². The molecule has 0 aliphatic heterocycles. The molecule has 1 N–H and O–H groups in total. The van der Waals surface area contributed by atoms with Gasteiger partial charge < -0.3 is 5.32 Å². The van der Waals surface area contributed by atoms with E-state index in [1.54, 1.807) is 0 Å². The highest BCUT2D eigenvalue weighted by molar-refractivity contribution is 9.10. The Hall–Kier alpha value is -0.0500. The number of hydrogen-bond acceptors (Lipinski definition) is 1. The molecule has 0 heterocycles. The molecule has 1 aromatic rings. The maximum atomic E-state index is 6.32. The van der Waals surface area contributed by atoms with Crippen molar-refractivity contribution in [1.82, 2.24) is 5.32 Å². The van der Waals surface area contributed by atoms with Crippen LogP contribution in [0.2, 0.25) is 5.02 Å². The van der Waals surface area contributed by atoms with Gasteiger partial charge in [0, 0.05) is 10.5 Å². The number of hydrogen-bond donors (Lipinski definition) is 1. The van der Waals surface area contributed by atoms with Crippen molar-refractivity contribution in [3.8, 4) is 0 Å². The fraction of sp³-hybridized carbons (Fsp3) is 0.538. The lowest BCUT2D eigenvalue weighted by atomic mass is 9.96. The number of nitrogens with one attached hydrogen (secondary N) is 1. The van der Waals surface area contributed by atoms with Crippen LogP contribution in [-0.2, 0) is 0 Å². The van der Waals surface area contributed by atoms with E-state index in [1.807, 2.05) is 12.1 Å². The van der Waals surface area contributed by atoms with Crippen molar-refractivity contribution in [2.24, 2.45) is 5.92 Å². The standard InChI is InChI=1S/C13H19BrClN/c1-4-8-16-13(9(2)3)10-6-5-7-11(14)12(10)15/h5-7,9,13,16H,4,8H2,1-3H3. The van der Waals surface area contributed by atoms with Gasteiger partial charge in [-0.25, -0.2) is 0 Å². The van der Waals surface area contributed by atoms with Crippen LogP contribution in [0.1, 0.15) is 38.8 Å². The Kier molecular flexibility index (Phi) is 5.81. The summed E-state index contributed by atoms with van der Waals surface area (Å²) in [6.07, 6.45) is 1.13. The number of halogens is 2. The molecule has 0 saturated heterocycles. The van der Waals surface area contributed by atoms with E-state index in [-0.39, 0.29) is 0 Å². The second kappa shape index (κ2) is 6.63. The third kappa shape index (κ3) is 3.47. The Morgan fingerprint density at radius 3 is 2.62 bits per heavy atom. The van der Waals surface area contributed by atoms with Crippen LogP contribution in [0, 0.1) is 5.92 Å². The third-order valence-electron chi connectivity index (χ3n) is 2.60. The predicted molar refractivity (Wildman–Crippen MR) is 75.0 cm³/mol. The largest absolute Gasteiger partial charge is 0.310 e. The topological polar surface area (TPSA) is 12.0 Å². The summed E-state index contributed by atoms with van der Waals surface area (Å²) in [5, 5.41) is 4.37. The van der Waals surface area contributed by atoms with Crippen molar-refractivity contribution in [2.45, 2.75) is 33.2 Å². The van der Waals surface area contributed by atoms with E-state index in [4.69, 9.17) is 11.6 Å². The fourth-order valence-corrected chi connectivity index (χ4v) is 2.39. The molecule has 90 valence electrons. The van der Waals surface area contributed by atoms with E-state index in [9.17, 15) is 0 Å². The van der Waals surface area contributed by atoms with Gasteiger partial charge in [-0.05, 0) is 46.4 Å². The third-order valence-corrected chi connectivity index (χ3v) is 3.91. The average molecular weight is 305 g/mol. The lowest BCUT2D eigenvalue weighted by Gasteiger charge is -2.24. The van der Waals surface area contributed by atoms with Crippen LogP contribution in [0.15, 0.2) is 22.7 Å². The average Bonchev–Trinajstić information content (AvgIpc) is 2.24. The second-order valence-corrected chi connectivity index (χ2v) is 5.55. The first-order valence-corrected chi connectivity index (χ1v) is 6.92. The van der Waals surface area contributed by atoms with Crippen LogP contribution in [0.5, 0.6) is 0 Å². The minimum atomic E-state index is 0.324. The Bertz CT molecular complexity index is 339. The monoisotopic (exact) mass is 303 g/mol. The Morgan fingerprint density at radius 1 is 1.38 bits per heavy atom. The van der Waals surface area contributed by atoms with Crippen LogP contribution >= 0.6 is 27.5 Å². The van der Waals surface area contributed by atoms with Crippen molar-refractivity contribution in [2.75, 3.05) is 6.54 Å². The zero-order valence-corrected chi connectivity index (χ0v) is 12.4. The van der Waals surface area contributed by atoms with Gasteiger partial charge >= 0.3 is 0 Å². The lowest BCUT2D eigenvalue weighted by Crippen LogP contribution is -2.26. The molecular weight excluding hydrogens is 286 g/mol. The summed E-state index contributed by atoms with van der Waals surface area (Å²) in [5.41, 5.74) is 1.18. The zero-order chi connectivity index (χ0) is 12.1. The van der Waals surface area contributed by atoms with Crippen molar-refractivity contribution >= 4 is 27.5 Å². The molecule has 0 saturated carbocycles. The van der Waals surface area contributed by atoms with Gasteiger partial charge in [0.25, 0.3) is 0 Å². The summed E-state index contributed by atoms with van der Waals surface area (Å²) in [7, 11) is 0. The van der Waals surface area contributed by atoms with Gasteiger partial charge in [-0.3, -0.25) is 0 Å². The minimum Gasteiger partial charge on any atom is -0.310 e. The van der Waals surface area contributed by atoms with Crippen LogP contribution in [0.3, 0.4) is 0 Å². The molecule has 0 bridgehead atoms. The first kappa shape index (κ1) is 14.0. The number of rotatable bonds is 5. The quantitative estimate of drug-likeness (QED) is 0.824. The molecule has 0 spiro atoms. The van der Waals surface area contributed by atoms with Crippen LogP contribution in [-0.4, -0.2) is 6.54 Å². The van der Waals surface area contributed by atoms with Gasteiger partial charge in [0.05, 0.1) is 5.02 Å². The smallest absolute Gasteiger partial charge is 0.0595 e. The normalized spacial score (nSPS) is 13.1. The molecule has 0 fully saturated rings. The van der Waals surface area contributed by atoms with Gasteiger partial charge in [-0.1, -0.05) is 44.5 Å². The van der Waals surface area contributed by atoms with E-state index < -0.39 is 0 Å². The molecule has 0 radical (unpaired) electrons. The predicted octanol–water partition coefficient (Wildman–Crippen LogP) is 4.80. The molecule has 0 amide bonds. The van der Waals surface area contributed by atoms with E-state index in [0.29, 0.717) is 12.0 Å². The summed E-state index contributed by atoms with van der Waals surface area (Å²) in [6, 6.07) is 6.43. The molecule has 3 heteroatoms. The summed E-state index contributed by atoms with van der Waals surface area (Å²) >= 11 is 9.80. The van der Waals surface area contributed by atoms with Crippen LogP contribution < -0.4 is 5.32 Å². The first-order valence-electron chi connectivity index (χ1n) is 5.75. The summed E-state index contributed by atoms with van der Waals surface area (Å²) in [4.78, 5) is 0. The summed E-state index contributed by atoms with van der Waals surface area (Å²) in [5.74, 6) is 0.526. The van der Waals surface area contributed by atoms with E-state index in [0.717, 1.165) is 22.5 Å². The molecule has 0 aliphatic rings. The molecule has 0 aromatic heterocycles. The molecule has 1 nitrogen and oxygen atoms in total. The molecule has 1 aromatic carbocycles. The highest BCUT2D eigenvalue weighted by Crippen LogP contribution is 2.33. The highest BCUT2D eigenvalue weighted by Gasteiger charge is 2.18. The first-order chi connectivity index (χ1) is 7.57. The van der Waals surface area contributed by atoms with Crippen molar-refractivity contribution in [1.29, 1.82) is 0 Å². The number of benzene rings is 1. The molecule has 0 aliphatic carbocycles. The Balaban J connectivity index is 2.96. The Morgan fingerprint density at radius 2 is 2.06 bits per heavy atom. The maximum absolute atomic E-state index is 6.32. The summed E-state index contributed by atoms with van der Waals surface area (Å²) in [6.45, 7) is 7.62. The molecule has 1 unspecified atom stereocenters. The zero-order valence-electron chi connectivity index (χ0n) is 10.1. The van der Waals surface area contributed by atoms with E-state index >= 15 is 0 Å². The Labute approximate surface area is 112 Å². The van der Waals surface area contributed by atoms with E-state index in [1.165, 1.54) is 5.56 Å². The molecule has 16 heavy (non-hydrogen) atoms. The maximum Gasteiger partial charge on any atom is 0.0595 e. The van der Waals surface area contributed by atoms with Gasteiger partial charge in [0.2, 0.25) is 0 Å². The van der Waals surface area contributed by atoms with Gasteiger partial charge in [0.1, 0.15) is 0 Å². The van der Waals surface area contributed by atoms with Gasteiger partial charge in [0.15, 0.2) is 0 Å². The SMILES string of the molecule is CCCNC(c1cccc(Br)c1Cl)C(C)C. The van der Waals surface area contributed by atoms with Crippen LogP contribution in [0.4, 0.5) is 0 Å². The van der Waals surface area contributed by atoms with Crippen LogP contribution in [0.25, 0.3) is 0 Å². The summed E-state index contributed by atoms with van der Waals surface area (Å²) < 4.78 is 0.968.